The number of aromatic carboxylic acids is 1. The van der Waals surface area contributed by atoms with E-state index in [0.29, 0.717) is 14.5 Å². The number of carbonyl (C=O) groups is 1. The van der Waals surface area contributed by atoms with Gasteiger partial charge in [0.25, 0.3) is 10.0 Å². The molecule has 0 radical (unpaired) electrons. The van der Waals surface area contributed by atoms with Crippen LogP contribution in [0.15, 0.2) is 21.5 Å². The van der Waals surface area contributed by atoms with Crippen molar-refractivity contribution in [3.05, 3.63) is 27.7 Å². The Morgan fingerprint density at radius 2 is 2.00 bits per heavy atom. The third-order valence-electron chi connectivity index (χ3n) is 2.34. The van der Waals surface area contributed by atoms with Gasteiger partial charge in [-0.1, -0.05) is 4.47 Å². The molecule has 0 amide bonds. The molecule has 0 fully saturated rings. The van der Waals surface area contributed by atoms with E-state index >= 15 is 0 Å². The normalized spacial score (nSPS) is 11.8. The first-order valence-corrected chi connectivity index (χ1v) is 7.01. The fourth-order valence-electron chi connectivity index (χ4n) is 1.29. The van der Waals surface area contributed by atoms with Crippen LogP contribution in [-0.4, -0.2) is 38.1 Å². The first-order chi connectivity index (χ1) is 8.21. The number of hydrogen-bond donors (Lipinski definition) is 1. The third kappa shape index (κ3) is 2.72. The average molecular weight is 338 g/mol. The van der Waals surface area contributed by atoms with Gasteiger partial charge in [-0.25, -0.2) is 13.2 Å². The molecule has 1 aromatic carbocycles. The molecule has 0 saturated heterocycles. The van der Waals surface area contributed by atoms with E-state index in [2.05, 4.69) is 20.8 Å². The predicted molar refractivity (Wildman–Crippen MR) is 67.8 cm³/mol. The largest absolute Gasteiger partial charge is 0.478 e. The monoisotopic (exact) mass is 337 g/mol. The zero-order valence-electron chi connectivity index (χ0n) is 9.97. The van der Waals surface area contributed by atoms with Gasteiger partial charge in [0.05, 0.1) is 17.6 Å². The number of benzene rings is 1. The highest BCUT2D eigenvalue weighted by molar-refractivity contribution is 9.10. The van der Waals surface area contributed by atoms with Gasteiger partial charge in [0.15, 0.2) is 0 Å². The maximum absolute atomic E-state index is 12.1. The summed E-state index contributed by atoms with van der Waals surface area (Å²) < 4.78 is 25.2. The molecule has 18 heavy (non-hydrogen) atoms. The summed E-state index contributed by atoms with van der Waals surface area (Å²) in [6.45, 7) is 1.61. The molecule has 8 heteroatoms. The molecule has 0 aliphatic rings. The number of sulfonamides is 1. The van der Waals surface area contributed by atoms with Crippen molar-refractivity contribution < 1.29 is 23.2 Å². The van der Waals surface area contributed by atoms with Gasteiger partial charge in [0.1, 0.15) is 0 Å². The molecule has 0 unspecified atom stereocenters. The summed E-state index contributed by atoms with van der Waals surface area (Å²) >= 11 is 3.14. The highest BCUT2D eigenvalue weighted by Crippen LogP contribution is 2.29. The number of hydrogen-bond acceptors (Lipinski definition) is 4. The van der Waals surface area contributed by atoms with Gasteiger partial charge in [-0.05, 0) is 40.5 Å². The molecule has 1 aromatic rings. The van der Waals surface area contributed by atoms with Crippen LogP contribution in [0.1, 0.15) is 15.9 Å². The van der Waals surface area contributed by atoms with Crippen LogP contribution in [0.3, 0.4) is 0 Å². The Bertz CT molecular complexity index is 584. The molecule has 1 N–H and O–H groups in total. The lowest BCUT2D eigenvalue weighted by Crippen LogP contribution is -2.26. The van der Waals surface area contributed by atoms with Crippen LogP contribution in [-0.2, 0) is 14.9 Å². The molecule has 0 atom stereocenters. The van der Waals surface area contributed by atoms with E-state index in [1.165, 1.54) is 20.2 Å². The number of aryl methyl sites for hydroxylation is 1. The lowest BCUT2D eigenvalue weighted by atomic mass is 10.1. The number of carboxylic acid groups (broad SMARTS) is 1. The zero-order chi connectivity index (χ0) is 14.1. The molecule has 0 saturated carbocycles. The van der Waals surface area contributed by atoms with Crippen LogP contribution < -0.4 is 0 Å². The van der Waals surface area contributed by atoms with Crippen molar-refractivity contribution in [2.45, 2.75) is 11.8 Å². The second kappa shape index (κ2) is 5.35. The van der Waals surface area contributed by atoms with Crippen molar-refractivity contribution in [2.24, 2.45) is 0 Å². The number of hydroxylamine groups is 1. The van der Waals surface area contributed by atoms with Crippen molar-refractivity contribution in [1.82, 2.24) is 4.47 Å². The van der Waals surface area contributed by atoms with E-state index in [-0.39, 0.29) is 10.5 Å². The molecule has 0 bridgehead atoms. The van der Waals surface area contributed by atoms with E-state index < -0.39 is 16.0 Å². The molecular weight excluding hydrogens is 326 g/mol. The summed E-state index contributed by atoms with van der Waals surface area (Å²) in [7, 11) is -1.46. The van der Waals surface area contributed by atoms with Crippen molar-refractivity contribution in [3.8, 4) is 0 Å². The minimum absolute atomic E-state index is 0.0984. The Balaban J connectivity index is 3.55. The highest BCUT2D eigenvalue weighted by atomic mass is 79.9. The fourth-order valence-corrected chi connectivity index (χ4v) is 3.26. The molecule has 6 nitrogen and oxygen atoms in total. The van der Waals surface area contributed by atoms with Gasteiger partial charge in [-0.15, -0.1) is 0 Å². The van der Waals surface area contributed by atoms with Gasteiger partial charge >= 0.3 is 5.97 Å². The molecule has 0 aromatic heterocycles. The first kappa shape index (κ1) is 15.1. The SMILES string of the molecule is CON(C)S(=O)(=O)c1cc(C(=O)O)cc(C)c1Br. The van der Waals surface area contributed by atoms with E-state index in [9.17, 15) is 13.2 Å². The summed E-state index contributed by atoms with van der Waals surface area (Å²) in [4.78, 5) is 15.4. The van der Waals surface area contributed by atoms with Gasteiger partial charge in [-0.2, -0.15) is 0 Å². The van der Waals surface area contributed by atoms with E-state index in [1.54, 1.807) is 6.92 Å². The van der Waals surface area contributed by atoms with Gasteiger partial charge in [0.2, 0.25) is 0 Å². The molecule has 1 rings (SSSR count). The van der Waals surface area contributed by atoms with Crippen LogP contribution in [0, 0.1) is 6.92 Å². The second-order valence-corrected chi connectivity index (χ2v) is 6.20. The fraction of sp³-hybridized carbons (Fsp3) is 0.300. The highest BCUT2D eigenvalue weighted by Gasteiger charge is 2.26. The summed E-state index contributed by atoms with van der Waals surface area (Å²) in [5.41, 5.74) is 0.414. The Morgan fingerprint density at radius 3 is 2.44 bits per heavy atom. The van der Waals surface area contributed by atoms with Crippen molar-refractivity contribution >= 4 is 31.9 Å². The molecule has 0 aliphatic heterocycles. The Morgan fingerprint density at radius 1 is 1.44 bits per heavy atom. The van der Waals surface area contributed by atoms with Crippen LogP contribution in [0.5, 0.6) is 0 Å². The van der Waals surface area contributed by atoms with Gasteiger partial charge in [-0.3, -0.25) is 4.84 Å². The second-order valence-electron chi connectivity index (χ2n) is 3.51. The number of carboxylic acids is 1. The number of nitrogens with zero attached hydrogens (tertiary/aromatic N) is 1. The predicted octanol–water partition coefficient (Wildman–Crippen LogP) is 1.64. The first-order valence-electron chi connectivity index (χ1n) is 4.78. The average Bonchev–Trinajstić information content (AvgIpc) is 2.30. The van der Waals surface area contributed by atoms with Crippen LogP contribution in [0.2, 0.25) is 0 Å². The summed E-state index contributed by atoms with van der Waals surface area (Å²) in [6, 6.07) is 2.47. The standard InChI is InChI=1S/C10H12BrNO5S/c1-6-4-7(10(13)14)5-8(9(6)11)18(15,16)12(2)17-3/h4-5H,1-3H3,(H,13,14). The Kier molecular flexibility index (Phi) is 4.49. The Labute approximate surface area is 113 Å². The third-order valence-corrected chi connectivity index (χ3v) is 5.36. The van der Waals surface area contributed by atoms with Crippen LogP contribution in [0.25, 0.3) is 0 Å². The molecular formula is C10H12BrNO5S. The van der Waals surface area contributed by atoms with Crippen molar-refractivity contribution in [2.75, 3.05) is 14.2 Å². The van der Waals surface area contributed by atoms with Gasteiger partial charge < -0.3 is 5.11 Å². The minimum atomic E-state index is -3.90. The number of halogens is 1. The lowest BCUT2D eigenvalue weighted by Gasteiger charge is -2.16. The summed E-state index contributed by atoms with van der Waals surface area (Å²) in [6.07, 6.45) is 0. The summed E-state index contributed by atoms with van der Waals surface area (Å²) in [5, 5.41) is 8.93. The molecule has 0 aliphatic carbocycles. The number of rotatable bonds is 4. The Hall–Kier alpha value is -0.960. The van der Waals surface area contributed by atoms with Crippen molar-refractivity contribution in [3.63, 3.8) is 0 Å². The smallest absolute Gasteiger partial charge is 0.335 e. The maximum atomic E-state index is 12.1. The van der Waals surface area contributed by atoms with Crippen molar-refractivity contribution in [1.29, 1.82) is 0 Å². The van der Waals surface area contributed by atoms with E-state index in [0.717, 1.165) is 6.07 Å². The maximum Gasteiger partial charge on any atom is 0.335 e. The van der Waals surface area contributed by atoms with Crippen LogP contribution in [0.4, 0.5) is 0 Å². The van der Waals surface area contributed by atoms with Gasteiger partial charge in [0, 0.05) is 11.5 Å². The van der Waals surface area contributed by atoms with E-state index in [1.807, 2.05) is 0 Å². The molecule has 0 heterocycles. The quantitative estimate of drug-likeness (QED) is 0.844. The summed E-state index contributed by atoms with van der Waals surface area (Å²) in [5.74, 6) is -1.19. The van der Waals surface area contributed by atoms with Crippen LogP contribution >= 0.6 is 15.9 Å². The molecule has 0 spiro atoms. The lowest BCUT2D eigenvalue weighted by molar-refractivity contribution is -0.0259. The topological polar surface area (TPSA) is 83.9 Å². The van der Waals surface area contributed by atoms with E-state index in [4.69, 9.17) is 5.11 Å². The molecule has 100 valence electrons. The minimum Gasteiger partial charge on any atom is -0.478 e. The zero-order valence-corrected chi connectivity index (χ0v) is 12.4.